The van der Waals surface area contributed by atoms with Gasteiger partial charge >= 0.3 is 12.3 Å². The maximum Gasteiger partial charge on any atom is 0.416 e. The van der Waals surface area contributed by atoms with Crippen LogP contribution in [0.3, 0.4) is 0 Å². The highest BCUT2D eigenvalue weighted by Crippen LogP contribution is 2.37. The van der Waals surface area contributed by atoms with Crippen molar-refractivity contribution in [1.82, 2.24) is 19.6 Å². The van der Waals surface area contributed by atoms with Gasteiger partial charge < -0.3 is 14.7 Å². The Morgan fingerprint density at radius 2 is 1.93 bits per heavy atom. The Bertz CT molecular complexity index is 1630. The van der Waals surface area contributed by atoms with Gasteiger partial charge in [-0.2, -0.15) is 18.3 Å². The van der Waals surface area contributed by atoms with Gasteiger partial charge in [0.1, 0.15) is 5.60 Å². The molecule has 1 aromatic heterocycles. The molecule has 0 spiro atoms. The fourth-order valence-corrected chi connectivity index (χ4v) is 6.12. The van der Waals surface area contributed by atoms with Gasteiger partial charge in [0.2, 0.25) is 0 Å². The van der Waals surface area contributed by atoms with E-state index in [1.807, 2.05) is 0 Å². The minimum absolute atomic E-state index is 0.0127. The molecule has 2 saturated heterocycles. The van der Waals surface area contributed by atoms with Crippen molar-refractivity contribution < 1.29 is 37.4 Å². The van der Waals surface area contributed by atoms with Crippen molar-refractivity contribution in [3.05, 3.63) is 69.2 Å². The number of aliphatic hydroxyl groups excluding tert-OH is 1. The lowest BCUT2D eigenvalue weighted by Gasteiger charge is -2.39. The van der Waals surface area contributed by atoms with E-state index in [1.54, 1.807) is 45.0 Å². The number of fused-ring (bicyclic) bond motifs is 1. The third kappa shape index (κ3) is 6.68. The van der Waals surface area contributed by atoms with Gasteiger partial charge in [-0.3, -0.25) is 19.2 Å². The highest BCUT2D eigenvalue weighted by atomic mass is 35.5. The van der Waals surface area contributed by atoms with E-state index in [2.05, 4.69) is 5.10 Å². The molecular weight excluding hydrogens is 609 g/mol. The summed E-state index contributed by atoms with van der Waals surface area (Å²) in [4.78, 5) is 41.1. The number of imide groups is 1. The number of rotatable bonds is 4. The summed E-state index contributed by atoms with van der Waals surface area (Å²) in [5.74, 6) is -0.553. The zero-order valence-electron chi connectivity index (χ0n) is 23.4. The van der Waals surface area contributed by atoms with E-state index in [1.165, 1.54) is 27.9 Å². The number of benzene rings is 2. The summed E-state index contributed by atoms with van der Waals surface area (Å²) >= 11 is 6.54. The lowest BCUT2D eigenvalue weighted by Crippen LogP contribution is -2.57. The average Bonchev–Trinajstić information content (AvgIpc) is 3.42. The van der Waals surface area contributed by atoms with Crippen LogP contribution < -0.4 is 0 Å². The summed E-state index contributed by atoms with van der Waals surface area (Å²) in [7, 11) is 0. The molecule has 2 unspecified atom stereocenters. The van der Waals surface area contributed by atoms with Gasteiger partial charge in [-0.1, -0.05) is 23.7 Å². The van der Waals surface area contributed by atoms with Gasteiger partial charge in [-0.05, 0) is 80.4 Å². The molecule has 14 heteroatoms. The number of likely N-dealkylation sites (tertiary alicyclic amines) is 1. The molecule has 2 aliphatic heterocycles. The number of aromatic nitrogens is 2. The first-order valence-corrected chi connectivity index (χ1v) is 14.5. The molecule has 3 aromatic rings. The largest absolute Gasteiger partial charge is 0.444 e. The molecule has 5 rings (SSSR count). The van der Waals surface area contributed by atoms with Gasteiger partial charge in [-0.15, -0.1) is 0 Å². The Balaban J connectivity index is 1.31. The van der Waals surface area contributed by atoms with E-state index in [0.717, 1.165) is 22.7 Å². The van der Waals surface area contributed by atoms with Crippen molar-refractivity contribution >= 4 is 57.6 Å². The summed E-state index contributed by atoms with van der Waals surface area (Å²) in [6.07, 6.45) is -3.05. The lowest BCUT2D eigenvalue weighted by molar-refractivity contribution is -0.138. The van der Waals surface area contributed by atoms with Crippen molar-refractivity contribution in [2.75, 3.05) is 13.1 Å². The quantitative estimate of drug-likeness (QED) is 0.342. The standard InChI is InChI=1S/C29H28ClF3N4O5S/c1-28(2,3)42-26(40)35-9-8-22(23(38)15-35)37-25(39)24(43-27(37)41)11-16-4-7-21-18(10-16)13-34-36(21)14-17-5-6-19(30)12-20(17)29(31,32)33/h4-7,10-13,22-23,38H,8-9,14-15H2,1-3H3. The van der Waals surface area contributed by atoms with Crippen LogP contribution in [0.1, 0.15) is 43.9 Å². The molecule has 2 aromatic carbocycles. The number of β-amino-alcohol motifs (C(OH)–C–C–N with tert-alkyl or cyclic N) is 1. The van der Waals surface area contributed by atoms with Crippen LogP contribution in [0.25, 0.3) is 17.0 Å². The van der Waals surface area contributed by atoms with Crippen LogP contribution in [-0.4, -0.2) is 72.8 Å². The number of carbonyl (C=O) groups excluding carboxylic acids is 3. The number of thioether (sulfide) groups is 1. The van der Waals surface area contributed by atoms with E-state index in [0.29, 0.717) is 16.5 Å². The van der Waals surface area contributed by atoms with E-state index in [4.69, 9.17) is 16.3 Å². The summed E-state index contributed by atoms with van der Waals surface area (Å²) < 4.78 is 47.5. The van der Waals surface area contributed by atoms with Crippen LogP contribution in [0.4, 0.5) is 22.8 Å². The first-order chi connectivity index (χ1) is 20.1. The Morgan fingerprint density at radius 1 is 1.19 bits per heavy atom. The topological polar surface area (TPSA) is 105 Å². The molecule has 3 amide bonds. The molecule has 9 nitrogen and oxygen atoms in total. The number of halogens is 4. The smallest absolute Gasteiger partial charge is 0.416 e. The fraction of sp³-hybridized carbons (Fsp3) is 0.379. The van der Waals surface area contributed by atoms with Crippen molar-refractivity contribution in [3.8, 4) is 0 Å². The van der Waals surface area contributed by atoms with Crippen LogP contribution in [0.5, 0.6) is 0 Å². The summed E-state index contributed by atoms with van der Waals surface area (Å²) in [5, 5.41) is 15.1. The zero-order chi connectivity index (χ0) is 31.3. The Labute approximate surface area is 254 Å². The molecule has 0 saturated carbocycles. The van der Waals surface area contributed by atoms with Gasteiger partial charge in [0.05, 0.1) is 47.4 Å². The van der Waals surface area contributed by atoms with Crippen LogP contribution >= 0.6 is 23.4 Å². The van der Waals surface area contributed by atoms with Crippen LogP contribution in [0.15, 0.2) is 47.5 Å². The SMILES string of the molecule is CC(C)(C)OC(=O)N1CCC(N2C(=O)SC(=Cc3ccc4c(cnn4Cc4ccc(Cl)cc4C(F)(F)F)c3)C2=O)C(O)C1. The molecule has 2 atom stereocenters. The molecular formula is C29H28ClF3N4O5S. The number of piperidine rings is 1. The number of alkyl halides is 3. The molecule has 1 N–H and O–H groups in total. The summed E-state index contributed by atoms with van der Waals surface area (Å²) in [6, 6.07) is 7.87. The fourth-order valence-electron chi connectivity index (χ4n) is 5.06. The Kier molecular flexibility index (Phi) is 8.27. The molecule has 43 heavy (non-hydrogen) atoms. The van der Waals surface area contributed by atoms with Gasteiger partial charge in [0.15, 0.2) is 0 Å². The number of amides is 3. The lowest BCUT2D eigenvalue weighted by atomic mass is 10.0. The van der Waals surface area contributed by atoms with Crippen molar-refractivity contribution in [3.63, 3.8) is 0 Å². The van der Waals surface area contributed by atoms with Crippen LogP contribution in [-0.2, 0) is 22.3 Å². The predicted molar refractivity (Wildman–Crippen MR) is 155 cm³/mol. The number of nitrogens with zero attached hydrogens (tertiary/aromatic N) is 4. The minimum atomic E-state index is -4.58. The monoisotopic (exact) mass is 636 g/mol. The van der Waals surface area contributed by atoms with Gasteiger partial charge in [0.25, 0.3) is 11.1 Å². The number of hydrogen-bond donors (Lipinski definition) is 1. The van der Waals surface area contributed by atoms with Crippen molar-refractivity contribution in [2.24, 2.45) is 0 Å². The summed E-state index contributed by atoms with van der Waals surface area (Å²) in [5.41, 5.74) is -0.366. The van der Waals surface area contributed by atoms with E-state index in [-0.39, 0.29) is 41.5 Å². The number of aliphatic hydroxyl groups is 1. The Morgan fingerprint density at radius 3 is 2.60 bits per heavy atom. The van der Waals surface area contributed by atoms with E-state index >= 15 is 0 Å². The van der Waals surface area contributed by atoms with E-state index in [9.17, 15) is 32.7 Å². The molecule has 0 radical (unpaired) electrons. The normalized spacial score (nSPS) is 20.9. The second-order valence-electron chi connectivity index (χ2n) is 11.3. The highest BCUT2D eigenvalue weighted by Gasteiger charge is 2.45. The van der Waals surface area contributed by atoms with E-state index < -0.39 is 46.7 Å². The molecule has 3 heterocycles. The van der Waals surface area contributed by atoms with Crippen molar-refractivity contribution in [1.29, 1.82) is 0 Å². The number of ether oxygens (including phenoxy) is 1. The van der Waals surface area contributed by atoms with Gasteiger partial charge in [0, 0.05) is 17.0 Å². The second kappa shape index (κ2) is 11.5. The highest BCUT2D eigenvalue weighted by molar-refractivity contribution is 8.18. The second-order valence-corrected chi connectivity index (χ2v) is 12.8. The third-order valence-corrected chi connectivity index (χ3v) is 8.13. The first kappa shape index (κ1) is 30.9. The van der Waals surface area contributed by atoms with Crippen LogP contribution in [0, 0.1) is 0 Å². The molecule has 2 fully saturated rings. The molecule has 2 aliphatic rings. The van der Waals surface area contributed by atoms with Gasteiger partial charge in [-0.25, -0.2) is 4.79 Å². The van der Waals surface area contributed by atoms with Crippen molar-refractivity contribution in [2.45, 2.75) is 57.7 Å². The zero-order valence-corrected chi connectivity index (χ0v) is 25.0. The number of carbonyl (C=O) groups is 3. The number of hydrogen-bond acceptors (Lipinski definition) is 7. The molecule has 0 aliphatic carbocycles. The third-order valence-electron chi connectivity index (χ3n) is 7.01. The average molecular weight is 637 g/mol. The van der Waals surface area contributed by atoms with Crippen LogP contribution in [0.2, 0.25) is 5.02 Å². The Hall–Kier alpha value is -3.55. The maximum atomic E-state index is 13.6. The summed E-state index contributed by atoms with van der Waals surface area (Å²) in [6.45, 7) is 5.19. The first-order valence-electron chi connectivity index (χ1n) is 13.3. The molecule has 228 valence electrons. The maximum absolute atomic E-state index is 13.6. The minimum Gasteiger partial charge on any atom is -0.444 e. The predicted octanol–water partition coefficient (Wildman–Crippen LogP) is 6.16. The molecule has 0 bridgehead atoms.